The number of carbonyl (C=O) groups excluding carboxylic acids is 1. The monoisotopic (exact) mass is 385 g/mol. The molecule has 9 heteroatoms. The first-order valence-electron chi connectivity index (χ1n) is 9.16. The number of ether oxygens (including phenoxy) is 1. The molecule has 1 saturated heterocycles. The third-order valence-corrected chi connectivity index (χ3v) is 4.74. The van der Waals surface area contributed by atoms with E-state index in [0.717, 1.165) is 6.42 Å². The van der Waals surface area contributed by atoms with Crippen LogP contribution in [0.5, 0.6) is 5.75 Å². The molecule has 146 valence electrons. The lowest BCUT2D eigenvalue weighted by Gasteiger charge is -2.16. The van der Waals surface area contributed by atoms with Crippen molar-refractivity contribution in [1.82, 2.24) is 24.8 Å². The fourth-order valence-electron chi connectivity index (χ4n) is 3.25. The molecule has 1 atom stereocenters. The molecule has 4 rings (SSSR count). The Balaban J connectivity index is 1.35. The van der Waals surface area contributed by atoms with Gasteiger partial charge in [-0.1, -0.05) is 5.16 Å². The maximum atomic E-state index is 12.9. The Labute approximate surface area is 160 Å². The number of hydrogen-bond acceptors (Lipinski definition) is 6. The van der Waals surface area contributed by atoms with Gasteiger partial charge in [-0.3, -0.25) is 9.48 Å². The van der Waals surface area contributed by atoms with Crippen molar-refractivity contribution in [3.05, 3.63) is 59.8 Å². The topological polar surface area (TPSA) is 86.3 Å². The van der Waals surface area contributed by atoms with Crippen molar-refractivity contribution in [2.45, 2.75) is 32.4 Å². The van der Waals surface area contributed by atoms with Crippen molar-refractivity contribution in [3.8, 4) is 5.75 Å². The Hall–Kier alpha value is -3.23. The molecular formula is C19H20FN5O3. The Kier molecular flexibility index (Phi) is 5.05. The second kappa shape index (κ2) is 7.79. The molecule has 0 saturated carbocycles. The van der Waals surface area contributed by atoms with Crippen LogP contribution in [0.2, 0.25) is 0 Å². The summed E-state index contributed by atoms with van der Waals surface area (Å²) >= 11 is 0. The van der Waals surface area contributed by atoms with Crippen LogP contribution < -0.4 is 4.74 Å². The van der Waals surface area contributed by atoms with Gasteiger partial charge in [-0.15, -0.1) is 0 Å². The summed E-state index contributed by atoms with van der Waals surface area (Å²) in [6, 6.07) is 7.45. The molecule has 1 aromatic carbocycles. The van der Waals surface area contributed by atoms with Gasteiger partial charge in [0.1, 0.15) is 17.3 Å². The molecule has 0 aliphatic carbocycles. The molecule has 0 N–H and O–H groups in total. The number of halogens is 1. The Morgan fingerprint density at radius 1 is 1.32 bits per heavy atom. The molecule has 28 heavy (non-hydrogen) atoms. The van der Waals surface area contributed by atoms with Crippen LogP contribution in [-0.4, -0.2) is 43.8 Å². The van der Waals surface area contributed by atoms with Gasteiger partial charge < -0.3 is 14.2 Å². The summed E-state index contributed by atoms with van der Waals surface area (Å²) in [4.78, 5) is 18.9. The van der Waals surface area contributed by atoms with Crippen molar-refractivity contribution >= 4 is 5.91 Å². The SMILES string of the molecule is CCn1nccc1C(=O)N1CCC(c2noc(COc3ccc(F)cc3)n2)C1. The average molecular weight is 385 g/mol. The highest BCUT2D eigenvalue weighted by atomic mass is 19.1. The molecule has 0 bridgehead atoms. The van der Waals surface area contributed by atoms with E-state index in [4.69, 9.17) is 9.26 Å². The number of hydrogen-bond donors (Lipinski definition) is 0. The first-order chi connectivity index (χ1) is 13.6. The molecule has 0 radical (unpaired) electrons. The van der Waals surface area contributed by atoms with Gasteiger partial charge in [0.2, 0.25) is 0 Å². The van der Waals surface area contributed by atoms with E-state index in [-0.39, 0.29) is 24.2 Å². The van der Waals surface area contributed by atoms with Gasteiger partial charge in [-0.25, -0.2) is 4.39 Å². The van der Waals surface area contributed by atoms with E-state index >= 15 is 0 Å². The molecule has 1 fully saturated rings. The minimum atomic E-state index is -0.324. The van der Waals surface area contributed by atoms with E-state index < -0.39 is 0 Å². The summed E-state index contributed by atoms with van der Waals surface area (Å²) in [5.74, 6) is 1.08. The normalized spacial score (nSPS) is 16.5. The average Bonchev–Trinajstić information content (AvgIpc) is 3.46. The number of likely N-dealkylation sites (tertiary alicyclic amines) is 1. The lowest BCUT2D eigenvalue weighted by Crippen LogP contribution is -2.30. The van der Waals surface area contributed by atoms with Crippen LogP contribution in [0.4, 0.5) is 4.39 Å². The molecule has 0 spiro atoms. The van der Waals surface area contributed by atoms with Crippen LogP contribution in [-0.2, 0) is 13.2 Å². The number of aromatic nitrogens is 4. The number of benzene rings is 1. The van der Waals surface area contributed by atoms with Gasteiger partial charge >= 0.3 is 0 Å². The molecule has 3 aromatic rings. The van der Waals surface area contributed by atoms with Crippen molar-refractivity contribution in [2.24, 2.45) is 0 Å². The first-order valence-corrected chi connectivity index (χ1v) is 9.16. The third-order valence-electron chi connectivity index (χ3n) is 4.74. The van der Waals surface area contributed by atoms with Crippen LogP contribution in [0.15, 0.2) is 41.1 Å². The number of aryl methyl sites for hydroxylation is 1. The minimum Gasteiger partial charge on any atom is -0.484 e. The van der Waals surface area contributed by atoms with E-state index in [0.29, 0.717) is 42.8 Å². The molecule has 1 aliphatic rings. The maximum Gasteiger partial charge on any atom is 0.272 e. The van der Waals surface area contributed by atoms with E-state index in [1.165, 1.54) is 24.3 Å². The predicted octanol–water partition coefficient (Wildman–Crippen LogP) is 2.63. The highest BCUT2D eigenvalue weighted by Gasteiger charge is 2.32. The summed E-state index contributed by atoms with van der Waals surface area (Å²) in [6.45, 7) is 3.86. The second-order valence-corrected chi connectivity index (χ2v) is 6.56. The number of carbonyl (C=O) groups is 1. The molecule has 1 unspecified atom stereocenters. The van der Waals surface area contributed by atoms with Gasteiger partial charge in [-0.05, 0) is 43.7 Å². The van der Waals surface area contributed by atoms with Crippen molar-refractivity contribution in [2.75, 3.05) is 13.1 Å². The van der Waals surface area contributed by atoms with Crippen molar-refractivity contribution < 1.29 is 18.4 Å². The number of rotatable bonds is 6. The van der Waals surface area contributed by atoms with Crippen LogP contribution >= 0.6 is 0 Å². The maximum absolute atomic E-state index is 12.9. The summed E-state index contributed by atoms with van der Waals surface area (Å²) in [7, 11) is 0. The molecule has 1 amide bonds. The predicted molar refractivity (Wildman–Crippen MR) is 96.2 cm³/mol. The fraction of sp³-hybridized carbons (Fsp3) is 0.368. The highest BCUT2D eigenvalue weighted by molar-refractivity contribution is 5.92. The van der Waals surface area contributed by atoms with Crippen LogP contribution in [0, 0.1) is 5.82 Å². The number of amides is 1. The molecule has 3 heterocycles. The van der Waals surface area contributed by atoms with Gasteiger partial charge in [0.25, 0.3) is 11.8 Å². The Morgan fingerprint density at radius 2 is 2.14 bits per heavy atom. The molecular weight excluding hydrogens is 365 g/mol. The fourth-order valence-corrected chi connectivity index (χ4v) is 3.25. The summed E-state index contributed by atoms with van der Waals surface area (Å²) < 4.78 is 25.4. The highest BCUT2D eigenvalue weighted by Crippen LogP contribution is 2.26. The summed E-state index contributed by atoms with van der Waals surface area (Å²) in [6.07, 6.45) is 2.40. The standard InChI is InChI=1S/C19H20FN5O3/c1-2-25-16(7-9-21-25)19(26)24-10-8-13(11-24)18-22-17(28-23-18)12-27-15-5-3-14(20)4-6-15/h3-7,9,13H,2,8,10-12H2,1H3. The zero-order chi connectivity index (χ0) is 19.5. The van der Waals surface area contributed by atoms with E-state index in [1.807, 2.05) is 6.92 Å². The number of nitrogens with zero attached hydrogens (tertiary/aromatic N) is 5. The molecule has 1 aliphatic heterocycles. The van der Waals surface area contributed by atoms with E-state index in [1.54, 1.807) is 21.8 Å². The van der Waals surface area contributed by atoms with Crippen LogP contribution in [0.25, 0.3) is 0 Å². The Bertz CT molecular complexity index is 953. The van der Waals surface area contributed by atoms with Crippen molar-refractivity contribution in [1.29, 1.82) is 0 Å². The molecule has 2 aromatic heterocycles. The zero-order valence-electron chi connectivity index (χ0n) is 15.4. The quantitative estimate of drug-likeness (QED) is 0.648. The van der Waals surface area contributed by atoms with Crippen LogP contribution in [0.1, 0.15) is 41.5 Å². The van der Waals surface area contributed by atoms with Crippen molar-refractivity contribution in [3.63, 3.8) is 0 Å². The van der Waals surface area contributed by atoms with Gasteiger partial charge in [0.05, 0.1) is 0 Å². The minimum absolute atomic E-state index is 0.0188. The zero-order valence-corrected chi connectivity index (χ0v) is 15.4. The molecule has 8 nitrogen and oxygen atoms in total. The van der Waals surface area contributed by atoms with Gasteiger partial charge in [-0.2, -0.15) is 10.1 Å². The lowest BCUT2D eigenvalue weighted by atomic mass is 10.1. The largest absolute Gasteiger partial charge is 0.484 e. The summed E-state index contributed by atoms with van der Waals surface area (Å²) in [5, 5.41) is 8.19. The van der Waals surface area contributed by atoms with E-state index in [2.05, 4.69) is 15.2 Å². The first kappa shape index (κ1) is 18.1. The second-order valence-electron chi connectivity index (χ2n) is 6.56. The van der Waals surface area contributed by atoms with Gasteiger partial charge in [0.15, 0.2) is 12.4 Å². The Morgan fingerprint density at radius 3 is 2.93 bits per heavy atom. The van der Waals surface area contributed by atoms with Crippen LogP contribution in [0.3, 0.4) is 0 Å². The van der Waals surface area contributed by atoms with E-state index in [9.17, 15) is 9.18 Å². The summed E-state index contributed by atoms with van der Waals surface area (Å²) in [5.41, 5.74) is 0.588. The third kappa shape index (κ3) is 3.73. The lowest BCUT2D eigenvalue weighted by molar-refractivity contribution is 0.0778. The van der Waals surface area contributed by atoms with Gasteiger partial charge in [0, 0.05) is 31.7 Å². The smallest absolute Gasteiger partial charge is 0.272 e.